The molecule has 0 saturated heterocycles. The summed E-state index contributed by atoms with van der Waals surface area (Å²) in [7, 11) is 3.78. The van der Waals surface area contributed by atoms with E-state index in [0.29, 0.717) is 32.1 Å². The third kappa shape index (κ3) is 32.3. The van der Waals surface area contributed by atoms with Crippen molar-refractivity contribution in [2.75, 3.05) is 53.5 Å². The SMILES string of the molecule is CCCCCCCCOC(=O)CCCCCCCN(CCCCCCCOC(=O)C(CCCCC)CCCCCC)CCCN=C(NC#N)N(C)C. The number of ether oxygens (including phenoxy) is 2. The normalized spacial score (nSPS) is 12.1. The molecule has 0 fully saturated rings. The first-order valence-electron chi connectivity index (χ1n) is 21.8. The highest BCUT2D eigenvalue weighted by Gasteiger charge is 2.19. The summed E-state index contributed by atoms with van der Waals surface area (Å²) in [5.74, 6) is 0.686. The molecule has 1 N–H and O–H groups in total. The number of rotatable bonds is 37. The highest BCUT2D eigenvalue weighted by atomic mass is 16.5. The Labute approximate surface area is 321 Å². The highest BCUT2D eigenvalue weighted by molar-refractivity contribution is 5.80. The molecule has 0 aromatic heterocycles. The van der Waals surface area contributed by atoms with Crippen LogP contribution in [0.15, 0.2) is 4.99 Å². The summed E-state index contributed by atoms with van der Waals surface area (Å²) < 4.78 is 11.2. The van der Waals surface area contributed by atoms with Gasteiger partial charge in [-0.15, -0.1) is 0 Å². The van der Waals surface area contributed by atoms with E-state index < -0.39 is 0 Å². The van der Waals surface area contributed by atoms with Gasteiger partial charge in [-0.05, 0) is 71.0 Å². The van der Waals surface area contributed by atoms with Crippen LogP contribution < -0.4 is 5.32 Å². The molecule has 9 heteroatoms. The van der Waals surface area contributed by atoms with Gasteiger partial charge >= 0.3 is 11.9 Å². The van der Waals surface area contributed by atoms with E-state index in [1.54, 1.807) is 0 Å². The smallest absolute Gasteiger partial charge is 0.308 e. The van der Waals surface area contributed by atoms with Gasteiger partial charge in [0.05, 0.1) is 19.1 Å². The van der Waals surface area contributed by atoms with Crippen LogP contribution >= 0.6 is 0 Å². The molecule has 9 nitrogen and oxygen atoms in total. The zero-order valence-electron chi connectivity index (χ0n) is 34.8. The molecule has 1 unspecified atom stereocenters. The van der Waals surface area contributed by atoms with E-state index in [4.69, 9.17) is 14.7 Å². The predicted octanol–water partition coefficient (Wildman–Crippen LogP) is 10.6. The molecular formula is C43H83N5O4. The van der Waals surface area contributed by atoms with Crippen LogP contribution in [0, 0.1) is 17.4 Å². The lowest BCUT2D eigenvalue weighted by atomic mass is 9.95. The zero-order valence-corrected chi connectivity index (χ0v) is 34.8. The minimum absolute atomic E-state index is 0.0367. The maximum absolute atomic E-state index is 12.8. The van der Waals surface area contributed by atoms with Gasteiger partial charge in [-0.25, -0.2) is 0 Å². The lowest BCUT2D eigenvalue weighted by molar-refractivity contribution is -0.149. The highest BCUT2D eigenvalue weighted by Crippen LogP contribution is 2.20. The third-order valence-electron chi connectivity index (χ3n) is 9.86. The number of nitrogens with zero attached hydrogens (tertiary/aromatic N) is 4. The number of carbonyl (C=O) groups excluding carboxylic acids is 2. The number of hydrogen-bond donors (Lipinski definition) is 1. The molecule has 0 aliphatic carbocycles. The fourth-order valence-corrected chi connectivity index (χ4v) is 6.53. The van der Waals surface area contributed by atoms with E-state index in [1.165, 1.54) is 83.5 Å². The van der Waals surface area contributed by atoms with Crippen LogP contribution in [0.1, 0.15) is 194 Å². The molecular weight excluding hydrogens is 651 g/mol. The van der Waals surface area contributed by atoms with Gasteiger partial charge < -0.3 is 19.3 Å². The number of carbonyl (C=O) groups is 2. The van der Waals surface area contributed by atoms with Crippen molar-refractivity contribution in [2.24, 2.45) is 10.9 Å². The Kier molecular flexibility index (Phi) is 36.7. The Balaban J connectivity index is 4.42. The first kappa shape index (κ1) is 49.7. The molecule has 0 amide bonds. The predicted molar refractivity (Wildman–Crippen MR) is 218 cm³/mol. The van der Waals surface area contributed by atoms with Crippen LogP contribution in [-0.2, 0) is 19.1 Å². The third-order valence-corrected chi connectivity index (χ3v) is 9.86. The molecule has 52 heavy (non-hydrogen) atoms. The summed E-state index contributed by atoms with van der Waals surface area (Å²) in [6.45, 7) is 11.6. The minimum atomic E-state index is -0.0367. The Morgan fingerprint density at radius 1 is 0.615 bits per heavy atom. The second-order valence-corrected chi connectivity index (χ2v) is 15.0. The number of aliphatic imine (C=N–C) groups is 1. The summed E-state index contributed by atoms with van der Waals surface area (Å²) in [4.78, 5) is 33.8. The van der Waals surface area contributed by atoms with Crippen molar-refractivity contribution in [3.05, 3.63) is 0 Å². The fourth-order valence-electron chi connectivity index (χ4n) is 6.53. The first-order chi connectivity index (χ1) is 25.4. The molecule has 0 heterocycles. The Morgan fingerprint density at radius 3 is 1.65 bits per heavy atom. The van der Waals surface area contributed by atoms with Gasteiger partial charge in [0.25, 0.3) is 0 Å². The molecule has 0 rings (SSSR count). The molecule has 0 bridgehead atoms. The van der Waals surface area contributed by atoms with Gasteiger partial charge in [0.15, 0.2) is 6.19 Å². The van der Waals surface area contributed by atoms with Crippen LogP contribution in [0.25, 0.3) is 0 Å². The molecule has 1 atom stereocenters. The largest absolute Gasteiger partial charge is 0.466 e. The van der Waals surface area contributed by atoms with Gasteiger partial charge in [0, 0.05) is 27.1 Å². The molecule has 0 aromatic carbocycles. The zero-order chi connectivity index (χ0) is 38.3. The van der Waals surface area contributed by atoms with E-state index in [-0.39, 0.29) is 17.9 Å². The van der Waals surface area contributed by atoms with Crippen molar-refractivity contribution < 1.29 is 19.1 Å². The summed E-state index contributed by atoms with van der Waals surface area (Å²) in [5, 5.41) is 11.7. The monoisotopic (exact) mass is 734 g/mol. The van der Waals surface area contributed by atoms with Crippen molar-refractivity contribution in [3.63, 3.8) is 0 Å². The molecule has 0 aliphatic heterocycles. The topological polar surface area (TPSA) is 107 Å². The van der Waals surface area contributed by atoms with Crippen LogP contribution in [0.5, 0.6) is 0 Å². The second kappa shape index (κ2) is 38.4. The molecule has 0 spiro atoms. The summed E-state index contributed by atoms with van der Waals surface area (Å²) in [6.07, 6.45) is 32.0. The van der Waals surface area contributed by atoms with Gasteiger partial charge in [0.2, 0.25) is 5.96 Å². The van der Waals surface area contributed by atoms with E-state index in [0.717, 1.165) is 103 Å². The standard InChI is InChI=1S/C43H83N5O4/c1-6-9-12-14-20-27-37-51-41(49)32-24-17-15-18-25-34-48(36-29-33-45-43(46-39-44)47(4)5)35-26-19-16-21-28-38-52-42(50)40(30-22-11-8-3)31-23-13-10-7-2/h40H,6-38H2,1-5H3,(H,45,46). The molecule has 0 aromatic rings. The minimum Gasteiger partial charge on any atom is -0.466 e. The van der Waals surface area contributed by atoms with Crippen LogP contribution in [0.3, 0.4) is 0 Å². The second-order valence-electron chi connectivity index (χ2n) is 15.0. The van der Waals surface area contributed by atoms with Gasteiger partial charge in [-0.2, -0.15) is 5.26 Å². The lowest BCUT2D eigenvalue weighted by Crippen LogP contribution is -2.34. The number of hydrogen-bond acceptors (Lipinski definition) is 7. The fraction of sp³-hybridized carbons (Fsp3) is 0.907. The van der Waals surface area contributed by atoms with Gasteiger partial charge in [0.1, 0.15) is 0 Å². The number of guanidine groups is 1. The maximum atomic E-state index is 12.8. The number of esters is 2. The Morgan fingerprint density at radius 2 is 1.08 bits per heavy atom. The van der Waals surface area contributed by atoms with E-state index in [1.807, 2.05) is 25.2 Å². The molecule has 0 radical (unpaired) electrons. The van der Waals surface area contributed by atoms with Crippen LogP contribution in [-0.4, -0.2) is 81.2 Å². The van der Waals surface area contributed by atoms with E-state index in [9.17, 15) is 9.59 Å². The van der Waals surface area contributed by atoms with Crippen molar-refractivity contribution in [1.82, 2.24) is 15.1 Å². The number of unbranched alkanes of at least 4 members (excludes halogenated alkanes) is 18. The molecule has 0 aliphatic rings. The first-order valence-corrected chi connectivity index (χ1v) is 21.8. The van der Waals surface area contributed by atoms with E-state index in [2.05, 4.69) is 36.0 Å². The van der Waals surface area contributed by atoms with E-state index >= 15 is 0 Å². The molecule has 304 valence electrons. The summed E-state index contributed by atoms with van der Waals surface area (Å²) in [5.41, 5.74) is 0. The van der Waals surface area contributed by atoms with Gasteiger partial charge in [-0.1, -0.05) is 136 Å². The average molecular weight is 734 g/mol. The molecule has 0 saturated carbocycles. The van der Waals surface area contributed by atoms with Crippen molar-refractivity contribution >= 4 is 17.9 Å². The summed E-state index contributed by atoms with van der Waals surface area (Å²) >= 11 is 0. The summed E-state index contributed by atoms with van der Waals surface area (Å²) in [6, 6.07) is 0. The maximum Gasteiger partial charge on any atom is 0.308 e. The Bertz CT molecular complexity index is 891. The van der Waals surface area contributed by atoms with Crippen molar-refractivity contribution in [2.45, 2.75) is 194 Å². The Hall–Kier alpha value is -2.34. The van der Waals surface area contributed by atoms with Gasteiger partial charge in [-0.3, -0.25) is 19.9 Å². The van der Waals surface area contributed by atoms with Crippen LogP contribution in [0.4, 0.5) is 0 Å². The lowest BCUT2D eigenvalue weighted by Gasteiger charge is -2.22. The van der Waals surface area contributed by atoms with Crippen molar-refractivity contribution in [3.8, 4) is 6.19 Å². The quantitative estimate of drug-likeness (QED) is 0.0168. The van der Waals surface area contributed by atoms with Crippen LogP contribution in [0.2, 0.25) is 0 Å². The number of nitrogens with one attached hydrogen (secondary N) is 1. The average Bonchev–Trinajstić information content (AvgIpc) is 3.13. The number of nitriles is 1. The van der Waals surface area contributed by atoms with Crippen molar-refractivity contribution in [1.29, 1.82) is 5.26 Å².